The second kappa shape index (κ2) is 5.22. The van der Waals surface area contributed by atoms with Crippen molar-refractivity contribution >= 4 is 0 Å². The van der Waals surface area contributed by atoms with Gasteiger partial charge in [-0.1, -0.05) is 37.3 Å². The van der Waals surface area contributed by atoms with Gasteiger partial charge >= 0.3 is 0 Å². The maximum absolute atomic E-state index is 5.90. The van der Waals surface area contributed by atoms with Crippen molar-refractivity contribution in [1.82, 2.24) is 0 Å². The van der Waals surface area contributed by atoms with Crippen molar-refractivity contribution in [3.63, 3.8) is 0 Å². The van der Waals surface area contributed by atoms with Crippen LogP contribution in [0.2, 0.25) is 0 Å². The third-order valence-electron chi connectivity index (χ3n) is 3.17. The lowest BCUT2D eigenvalue weighted by Gasteiger charge is -2.11. The monoisotopic (exact) mass is 256 g/mol. The molecule has 1 aliphatic heterocycles. The predicted molar refractivity (Wildman–Crippen MR) is 72.7 cm³/mol. The van der Waals surface area contributed by atoms with Gasteiger partial charge in [0.05, 0.1) is 0 Å². The molecule has 0 bridgehead atoms. The summed E-state index contributed by atoms with van der Waals surface area (Å²) in [5.74, 6) is 2.44. The molecule has 2 aromatic carbocycles. The second-order valence-corrected chi connectivity index (χ2v) is 4.44. The average molecular weight is 256 g/mol. The van der Waals surface area contributed by atoms with E-state index in [9.17, 15) is 0 Å². The molecule has 98 valence electrons. The van der Waals surface area contributed by atoms with Crippen molar-refractivity contribution in [2.75, 3.05) is 6.79 Å². The van der Waals surface area contributed by atoms with E-state index in [1.807, 2.05) is 30.3 Å². The summed E-state index contributed by atoms with van der Waals surface area (Å²) in [7, 11) is 0. The second-order valence-electron chi connectivity index (χ2n) is 4.44. The summed E-state index contributed by atoms with van der Waals surface area (Å²) >= 11 is 0. The van der Waals surface area contributed by atoms with Crippen molar-refractivity contribution in [1.29, 1.82) is 0 Å². The molecule has 3 nitrogen and oxygen atoms in total. The van der Waals surface area contributed by atoms with Crippen LogP contribution in [-0.4, -0.2) is 6.79 Å². The van der Waals surface area contributed by atoms with Crippen LogP contribution in [-0.2, 0) is 13.0 Å². The molecule has 1 heterocycles. The largest absolute Gasteiger partial charge is 0.488 e. The number of hydrogen-bond acceptors (Lipinski definition) is 3. The van der Waals surface area contributed by atoms with Crippen molar-refractivity contribution in [2.24, 2.45) is 0 Å². The molecule has 0 radical (unpaired) electrons. The Labute approximate surface area is 112 Å². The van der Waals surface area contributed by atoms with Gasteiger partial charge in [0.2, 0.25) is 6.79 Å². The third-order valence-corrected chi connectivity index (χ3v) is 3.17. The van der Waals surface area contributed by atoms with E-state index in [2.05, 4.69) is 19.1 Å². The lowest BCUT2D eigenvalue weighted by molar-refractivity contribution is 0.173. The topological polar surface area (TPSA) is 27.7 Å². The Morgan fingerprint density at radius 2 is 1.79 bits per heavy atom. The highest BCUT2D eigenvalue weighted by atomic mass is 16.7. The Morgan fingerprint density at radius 1 is 1.05 bits per heavy atom. The van der Waals surface area contributed by atoms with Crippen LogP contribution in [0.25, 0.3) is 0 Å². The van der Waals surface area contributed by atoms with Gasteiger partial charge in [-0.3, -0.25) is 0 Å². The number of aryl methyl sites for hydroxylation is 1. The molecule has 0 saturated heterocycles. The molecule has 19 heavy (non-hydrogen) atoms. The van der Waals surface area contributed by atoms with E-state index in [4.69, 9.17) is 14.2 Å². The fourth-order valence-corrected chi connectivity index (χ4v) is 2.11. The first-order chi connectivity index (χ1) is 9.36. The fraction of sp³-hybridized carbons (Fsp3) is 0.250. The van der Waals surface area contributed by atoms with Crippen molar-refractivity contribution < 1.29 is 14.2 Å². The highest BCUT2D eigenvalue weighted by Gasteiger charge is 2.17. The molecular weight excluding hydrogens is 240 g/mol. The number of rotatable bonds is 4. The minimum absolute atomic E-state index is 0.292. The maximum atomic E-state index is 5.90. The first-order valence-electron chi connectivity index (χ1n) is 6.46. The lowest BCUT2D eigenvalue weighted by Crippen LogP contribution is -1.98. The van der Waals surface area contributed by atoms with Crippen LogP contribution < -0.4 is 14.2 Å². The molecule has 1 aliphatic rings. The Bertz CT molecular complexity index is 564. The highest BCUT2D eigenvalue weighted by Crippen LogP contribution is 2.38. The smallest absolute Gasteiger partial charge is 0.231 e. The van der Waals surface area contributed by atoms with Crippen LogP contribution in [0.15, 0.2) is 42.5 Å². The summed E-state index contributed by atoms with van der Waals surface area (Å²) < 4.78 is 16.7. The number of benzene rings is 2. The van der Waals surface area contributed by atoms with E-state index in [1.165, 1.54) is 0 Å². The van der Waals surface area contributed by atoms with E-state index in [1.54, 1.807) is 0 Å². The van der Waals surface area contributed by atoms with Gasteiger partial charge in [0.25, 0.3) is 0 Å². The van der Waals surface area contributed by atoms with Gasteiger partial charge in [-0.2, -0.15) is 0 Å². The zero-order valence-corrected chi connectivity index (χ0v) is 10.9. The maximum Gasteiger partial charge on any atom is 0.231 e. The summed E-state index contributed by atoms with van der Waals surface area (Å²) in [5, 5.41) is 0. The Hall–Kier alpha value is -2.16. The SMILES string of the molecule is CCc1cc2c(cc1OCc1ccccc1)OCO2. The van der Waals surface area contributed by atoms with Crippen LogP contribution in [0, 0.1) is 0 Å². The van der Waals surface area contributed by atoms with Gasteiger partial charge in [0.15, 0.2) is 11.5 Å². The molecule has 0 fully saturated rings. The summed E-state index contributed by atoms with van der Waals surface area (Å²) in [5.41, 5.74) is 2.29. The zero-order valence-electron chi connectivity index (χ0n) is 10.9. The Balaban J connectivity index is 1.80. The first kappa shape index (κ1) is 11.9. The highest BCUT2D eigenvalue weighted by molar-refractivity contribution is 5.51. The molecule has 0 aliphatic carbocycles. The summed E-state index contributed by atoms with van der Waals surface area (Å²) in [4.78, 5) is 0. The minimum atomic E-state index is 0.292. The minimum Gasteiger partial charge on any atom is -0.488 e. The number of ether oxygens (including phenoxy) is 3. The van der Waals surface area contributed by atoms with Gasteiger partial charge in [-0.25, -0.2) is 0 Å². The van der Waals surface area contributed by atoms with Crippen LogP contribution in [0.3, 0.4) is 0 Å². The van der Waals surface area contributed by atoms with Crippen LogP contribution >= 0.6 is 0 Å². The van der Waals surface area contributed by atoms with Crippen molar-refractivity contribution in [3.05, 3.63) is 53.6 Å². The zero-order chi connectivity index (χ0) is 13.1. The van der Waals surface area contributed by atoms with Crippen LogP contribution in [0.4, 0.5) is 0 Å². The van der Waals surface area contributed by atoms with E-state index in [0.717, 1.165) is 34.8 Å². The molecule has 2 aromatic rings. The standard InChI is InChI=1S/C16H16O3/c1-2-13-8-15-16(19-11-18-15)9-14(13)17-10-12-6-4-3-5-7-12/h3-9H,2,10-11H2,1H3. The van der Waals surface area contributed by atoms with Crippen molar-refractivity contribution in [2.45, 2.75) is 20.0 Å². The van der Waals surface area contributed by atoms with E-state index >= 15 is 0 Å². The average Bonchev–Trinajstić information content (AvgIpc) is 2.92. The van der Waals surface area contributed by atoms with Crippen LogP contribution in [0.5, 0.6) is 17.2 Å². The molecular formula is C16H16O3. The van der Waals surface area contributed by atoms with E-state index < -0.39 is 0 Å². The molecule has 0 unspecified atom stereocenters. The number of hydrogen-bond donors (Lipinski definition) is 0. The lowest BCUT2D eigenvalue weighted by atomic mass is 10.1. The van der Waals surface area contributed by atoms with E-state index in [0.29, 0.717) is 13.4 Å². The quantitative estimate of drug-likeness (QED) is 0.837. The molecule has 3 rings (SSSR count). The fourth-order valence-electron chi connectivity index (χ4n) is 2.11. The van der Waals surface area contributed by atoms with Gasteiger partial charge in [-0.15, -0.1) is 0 Å². The normalized spacial score (nSPS) is 12.5. The third kappa shape index (κ3) is 2.50. The molecule has 3 heteroatoms. The molecule has 0 aromatic heterocycles. The number of fused-ring (bicyclic) bond motifs is 1. The summed E-state index contributed by atoms with van der Waals surface area (Å²) in [6.45, 7) is 2.96. The molecule has 0 spiro atoms. The van der Waals surface area contributed by atoms with E-state index in [-0.39, 0.29) is 0 Å². The van der Waals surface area contributed by atoms with Crippen LogP contribution in [0.1, 0.15) is 18.1 Å². The predicted octanol–water partition coefficient (Wildman–Crippen LogP) is 3.56. The first-order valence-corrected chi connectivity index (χ1v) is 6.46. The molecule has 0 N–H and O–H groups in total. The Kier molecular flexibility index (Phi) is 3.27. The van der Waals surface area contributed by atoms with Crippen molar-refractivity contribution in [3.8, 4) is 17.2 Å². The van der Waals surface area contributed by atoms with Gasteiger partial charge in [0.1, 0.15) is 12.4 Å². The molecule has 0 amide bonds. The van der Waals surface area contributed by atoms with Gasteiger partial charge in [-0.05, 0) is 23.6 Å². The Morgan fingerprint density at radius 3 is 2.53 bits per heavy atom. The van der Waals surface area contributed by atoms with Gasteiger partial charge < -0.3 is 14.2 Å². The summed E-state index contributed by atoms with van der Waals surface area (Å²) in [6.07, 6.45) is 0.904. The summed E-state index contributed by atoms with van der Waals surface area (Å²) in [6, 6.07) is 14.1. The van der Waals surface area contributed by atoms with Gasteiger partial charge in [0, 0.05) is 6.07 Å². The molecule has 0 saturated carbocycles. The molecule has 0 atom stereocenters.